The number of aromatic nitrogens is 1. The third-order valence-electron chi connectivity index (χ3n) is 5.46. The third-order valence-corrected chi connectivity index (χ3v) is 6.90. The first-order valence-electron chi connectivity index (χ1n) is 10.1. The van der Waals surface area contributed by atoms with E-state index in [2.05, 4.69) is 14.6 Å². The van der Waals surface area contributed by atoms with Gasteiger partial charge in [-0.3, -0.25) is 9.88 Å². The van der Waals surface area contributed by atoms with Crippen molar-refractivity contribution in [3.05, 3.63) is 60.4 Å². The lowest BCUT2D eigenvalue weighted by Gasteiger charge is -2.19. The minimum absolute atomic E-state index is 0.185. The number of halogens is 3. The van der Waals surface area contributed by atoms with Crippen LogP contribution in [0.4, 0.5) is 13.2 Å². The van der Waals surface area contributed by atoms with Crippen LogP contribution >= 0.6 is 0 Å². The first-order valence-corrected chi connectivity index (χ1v) is 11.6. The standard InChI is InChI=1S/C19H23N3O3S.C2HF3O2/c23-26(24,17-7-2-1-3-8-17)21-10-15-14-25-19-13-22(12-18(15)19)11-16-6-4-5-9-20-16;3-2(4,5)1(6)7/h1-9,15,18-19,21H,10-14H2;(H,6,7)/t15-,18+,19+;/m0./s1. The van der Waals surface area contributed by atoms with Crippen molar-refractivity contribution >= 4 is 16.0 Å². The second-order valence-corrected chi connectivity index (χ2v) is 9.55. The molecule has 12 heteroatoms. The number of hydrogen-bond donors (Lipinski definition) is 2. The highest BCUT2D eigenvalue weighted by Gasteiger charge is 2.44. The zero-order valence-electron chi connectivity index (χ0n) is 17.5. The molecule has 0 aliphatic carbocycles. The van der Waals surface area contributed by atoms with E-state index < -0.39 is 22.2 Å². The summed E-state index contributed by atoms with van der Waals surface area (Å²) in [7, 11) is -3.47. The van der Waals surface area contributed by atoms with Crippen LogP contribution in [0.25, 0.3) is 0 Å². The molecule has 0 amide bonds. The van der Waals surface area contributed by atoms with Gasteiger partial charge in [0.05, 0.1) is 23.3 Å². The maximum Gasteiger partial charge on any atom is 0.490 e. The molecule has 4 rings (SSSR count). The molecular formula is C21H24F3N3O5S. The number of nitrogens with one attached hydrogen (secondary N) is 1. The Morgan fingerprint density at radius 3 is 2.42 bits per heavy atom. The molecule has 2 saturated heterocycles. The Labute approximate surface area is 189 Å². The predicted octanol–water partition coefficient (Wildman–Crippen LogP) is 2.14. The monoisotopic (exact) mass is 487 g/mol. The summed E-state index contributed by atoms with van der Waals surface area (Å²) in [6.07, 6.45) is -3.09. The van der Waals surface area contributed by atoms with Crippen molar-refractivity contribution < 1.29 is 36.2 Å². The van der Waals surface area contributed by atoms with Gasteiger partial charge in [0.1, 0.15) is 0 Å². The van der Waals surface area contributed by atoms with E-state index in [9.17, 15) is 21.6 Å². The van der Waals surface area contributed by atoms with Gasteiger partial charge in [-0.25, -0.2) is 17.9 Å². The Kier molecular flexibility index (Phi) is 8.05. The normalized spacial score (nSPS) is 22.9. The maximum atomic E-state index is 12.4. The summed E-state index contributed by atoms with van der Waals surface area (Å²) in [4.78, 5) is 15.9. The number of benzene rings is 1. The Morgan fingerprint density at radius 1 is 1.15 bits per heavy atom. The number of hydrogen-bond acceptors (Lipinski definition) is 6. The Balaban J connectivity index is 0.000000383. The number of sulfonamides is 1. The molecular weight excluding hydrogens is 463 g/mol. The van der Waals surface area contributed by atoms with Crippen molar-refractivity contribution in [2.45, 2.75) is 23.7 Å². The second kappa shape index (κ2) is 10.6. The molecule has 0 spiro atoms. The van der Waals surface area contributed by atoms with E-state index in [1.165, 1.54) is 0 Å². The summed E-state index contributed by atoms with van der Waals surface area (Å²) < 4.78 is 65.3. The van der Waals surface area contributed by atoms with Crippen LogP contribution in [0.15, 0.2) is 59.6 Å². The van der Waals surface area contributed by atoms with Gasteiger partial charge in [-0.1, -0.05) is 24.3 Å². The number of aliphatic carboxylic acids is 1. The summed E-state index contributed by atoms with van der Waals surface area (Å²) in [6.45, 7) is 3.63. The van der Waals surface area contributed by atoms with Crippen LogP contribution < -0.4 is 4.72 Å². The molecule has 2 N–H and O–H groups in total. The molecule has 0 unspecified atom stereocenters. The molecule has 1 aromatic heterocycles. The third kappa shape index (κ3) is 6.97. The summed E-state index contributed by atoms with van der Waals surface area (Å²) >= 11 is 0. The molecule has 2 fully saturated rings. The van der Waals surface area contributed by atoms with Crippen LogP contribution in [-0.4, -0.2) is 67.9 Å². The van der Waals surface area contributed by atoms with E-state index in [1.54, 1.807) is 24.3 Å². The molecule has 180 valence electrons. The SMILES string of the molecule is O=C(O)C(F)(F)F.O=S(=O)(NC[C@H]1CO[C@@H]2CN(Cc3ccccn3)C[C@H]12)c1ccccc1. The highest BCUT2D eigenvalue weighted by atomic mass is 32.2. The number of fused-ring (bicyclic) bond motifs is 1. The van der Waals surface area contributed by atoms with Crippen LogP contribution in [-0.2, 0) is 26.1 Å². The van der Waals surface area contributed by atoms with Crippen molar-refractivity contribution in [2.24, 2.45) is 11.8 Å². The minimum Gasteiger partial charge on any atom is -0.475 e. The zero-order valence-corrected chi connectivity index (χ0v) is 18.3. The van der Waals surface area contributed by atoms with Gasteiger partial charge < -0.3 is 9.84 Å². The fourth-order valence-corrected chi connectivity index (χ4v) is 4.96. The van der Waals surface area contributed by atoms with Gasteiger partial charge in [-0.15, -0.1) is 0 Å². The molecule has 0 radical (unpaired) electrons. The number of carboxylic acids is 1. The largest absolute Gasteiger partial charge is 0.490 e. The van der Waals surface area contributed by atoms with Crippen LogP contribution in [0.5, 0.6) is 0 Å². The number of alkyl halides is 3. The fraction of sp³-hybridized carbons (Fsp3) is 0.429. The predicted molar refractivity (Wildman–Crippen MR) is 112 cm³/mol. The summed E-state index contributed by atoms with van der Waals surface area (Å²) in [6, 6.07) is 14.4. The van der Waals surface area contributed by atoms with Gasteiger partial charge in [-0.05, 0) is 24.3 Å². The summed E-state index contributed by atoms with van der Waals surface area (Å²) in [5.41, 5.74) is 1.05. The molecule has 0 bridgehead atoms. The fourth-order valence-electron chi connectivity index (χ4n) is 3.84. The van der Waals surface area contributed by atoms with Crippen LogP contribution in [0, 0.1) is 11.8 Å². The van der Waals surface area contributed by atoms with Crippen molar-refractivity contribution in [3.8, 4) is 0 Å². The molecule has 0 saturated carbocycles. The van der Waals surface area contributed by atoms with Crippen molar-refractivity contribution in [1.82, 2.24) is 14.6 Å². The number of carbonyl (C=O) groups is 1. The van der Waals surface area contributed by atoms with E-state index in [0.717, 1.165) is 25.3 Å². The van der Waals surface area contributed by atoms with E-state index >= 15 is 0 Å². The Morgan fingerprint density at radius 2 is 1.82 bits per heavy atom. The maximum absolute atomic E-state index is 12.4. The van der Waals surface area contributed by atoms with E-state index in [1.807, 2.05) is 30.5 Å². The van der Waals surface area contributed by atoms with E-state index in [0.29, 0.717) is 24.0 Å². The van der Waals surface area contributed by atoms with Gasteiger partial charge in [0.2, 0.25) is 10.0 Å². The van der Waals surface area contributed by atoms with Crippen LogP contribution in [0.2, 0.25) is 0 Å². The lowest BCUT2D eigenvalue weighted by Crippen LogP contribution is -2.34. The molecule has 1 aromatic carbocycles. The number of carboxylic acid groups (broad SMARTS) is 1. The molecule has 8 nitrogen and oxygen atoms in total. The van der Waals surface area contributed by atoms with Crippen molar-refractivity contribution in [1.29, 1.82) is 0 Å². The molecule has 3 atom stereocenters. The lowest BCUT2D eigenvalue weighted by molar-refractivity contribution is -0.192. The quantitative estimate of drug-likeness (QED) is 0.643. The van der Waals surface area contributed by atoms with Gasteiger partial charge in [0.25, 0.3) is 0 Å². The second-order valence-electron chi connectivity index (χ2n) is 7.78. The van der Waals surface area contributed by atoms with Crippen LogP contribution in [0.1, 0.15) is 5.69 Å². The highest BCUT2D eigenvalue weighted by Crippen LogP contribution is 2.34. The number of rotatable bonds is 6. The number of pyridine rings is 1. The highest BCUT2D eigenvalue weighted by molar-refractivity contribution is 7.89. The van der Waals surface area contributed by atoms with Crippen LogP contribution in [0.3, 0.4) is 0 Å². The molecule has 33 heavy (non-hydrogen) atoms. The zero-order chi connectivity index (χ0) is 24.1. The van der Waals surface area contributed by atoms with E-state index in [-0.39, 0.29) is 12.0 Å². The average molecular weight is 488 g/mol. The number of ether oxygens (including phenoxy) is 1. The molecule has 2 aromatic rings. The summed E-state index contributed by atoms with van der Waals surface area (Å²) in [5, 5.41) is 7.12. The summed E-state index contributed by atoms with van der Waals surface area (Å²) in [5.74, 6) is -2.20. The lowest BCUT2D eigenvalue weighted by atomic mass is 9.93. The topological polar surface area (TPSA) is 109 Å². The minimum atomic E-state index is -5.08. The molecule has 3 heterocycles. The van der Waals surface area contributed by atoms with Crippen molar-refractivity contribution in [2.75, 3.05) is 26.2 Å². The van der Waals surface area contributed by atoms with Gasteiger partial charge in [0.15, 0.2) is 0 Å². The molecule has 2 aliphatic heterocycles. The van der Waals surface area contributed by atoms with E-state index in [4.69, 9.17) is 14.6 Å². The average Bonchev–Trinajstić information content (AvgIpc) is 3.34. The molecule has 2 aliphatic rings. The number of likely N-dealkylation sites (tertiary alicyclic amines) is 1. The smallest absolute Gasteiger partial charge is 0.475 e. The van der Waals surface area contributed by atoms with Crippen molar-refractivity contribution in [3.63, 3.8) is 0 Å². The first-order chi connectivity index (χ1) is 15.6. The first kappa shape index (κ1) is 25.1. The van der Waals surface area contributed by atoms with Gasteiger partial charge in [-0.2, -0.15) is 13.2 Å². The Hall–Kier alpha value is -2.54. The van der Waals surface area contributed by atoms with Gasteiger partial charge in [0, 0.05) is 44.2 Å². The Bertz CT molecular complexity index is 1020. The van der Waals surface area contributed by atoms with Gasteiger partial charge >= 0.3 is 12.1 Å². The number of nitrogens with zero attached hydrogens (tertiary/aromatic N) is 2.